The first-order chi connectivity index (χ1) is 10.1. The summed E-state index contributed by atoms with van der Waals surface area (Å²) < 4.78 is 4.72. The Morgan fingerprint density at radius 1 is 1.38 bits per heavy atom. The number of carbonyl (C=O) groups excluding carboxylic acids is 2. The van der Waals surface area contributed by atoms with Gasteiger partial charge in [-0.2, -0.15) is 0 Å². The molecule has 6 heteroatoms. The molecule has 0 saturated carbocycles. The number of carbonyl (C=O) groups is 2. The van der Waals surface area contributed by atoms with E-state index >= 15 is 0 Å². The predicted octanol–water partition coefficient (Wildman–Crippen LogP) is 1.60. The molecule has 1 aromatic carbocycles. The molecule has 1 unspecified atom stereocenters. The van der Waals surface area contributed by atoms with E-state index in [-0.39, 0.29) is 31.8 Å². The second-order valence-electron chi connectivity index (χ2n) is 4.47. The third kappa shape index (κ3) is 3.33. The minimum absolute atomic E-state index is 0.0259. The van der Waals surface area contributed by atoms with E-state index in [0.29, 0.717) is 16.5 Å². The molecule has 1 amide bonds. The topological polar surface area (TPSA) is 70.4 Å². The van der Waals surface area contributed by atoms with E-state index in [0.717, 1.165) is 5.56 Å². The zero-order valence-corrected chi connectivity index (χ0v) is 13.4. The quantitative estimate of drug-likeness (QED) is 0.601. The van der Waals surface area contributed by atoms with E-state index in [1.165, 1.54) is 14.0 Å². The zero-order chi connectivity index (χ0) is 15.4. The first kappa shape index (κ1) is 15.3. The van der Waals surface area contributed by atoms with Crippen LogP contribution in [0.25, 0.3) is 0 Å². The van der Waals surface area contributed by atoms with Gasteiger partial charge in [-0.3, -0.25) is 0 Å². The van der Waals surface area contributed by atoms with Gasteiger partial charge in [0.15, 0.2) is 0 Å². The van der Waals surface area contributed by atoms with E-state index in [2.05, 4.69) is 6.07 Å². The molecule has 108 valence electrons. The molecule has 1 heterocycles. The van der Waals surface area contributed by atoms with Crippen LogP contribution < -0.4 is 0 Å². The zero-order valence-electron chi connectivity index (χ0n) is 11.7. The van der Waals surface area contributed by atoms with Gasteiger partial charge in [0, 0.05) is 0 Å². The van der Waals surface area contributed by atoms with Crippen LogP contribution in [0.15, 0.2) is 36.0 Å². The monoisotopic (exact) mass is 350 g/mol. The number of hydrogen-bond acceptors (Lipinski definition) is 4. The molecule has 0 N–H and O–H groups in total. The molecule has 5 nitrogen and oxygen atoms in total. The first-order valence-corrected chi connectivity index (χ1v) is 8.46. The molecule has 0 spiro atoms. The van der Waals surface area contributed by atoms with Gasteiger partial charge in [0.1, 0.15) is 0 Å². The number of amides is 1. The van der Waals surface area contributed by atoms with Gasteiger partial charge in [0.25, 0.3) is 0 Å². The number of benzene rings is 1. The van der Waals surface area contributed by atoms with Gasteiger partial charge in [-0.05, 0) is 0 Å². The first-order valence-electron chi connectivity index (χ1n) is 6.26. The number of nitrogens with zero attached hydrogens (tertiary/aromatic N) is 2. The van der Waals surface area contributed by atoms with Crippen LogP contribution in [0.3, 0.4) is 0 Å². The van der Waals surface area contributed by atoms with Gasteiger partial charge in [0.2, 0.25) is 0 Å². The van der Waals surface area contributed by atoms with Crippen molar-refractivity contribution >= 4 is 26.8 Å². The molecule has 1 atom stereocenters. The molecular formula is C15H14N2O3Se. The van der Waals surface area contributed by atoms with Crippen molar-refractivity contribution in [2.24, 2.45) is 0 Å². The molecule has 1 aliphatic heterocycles. The molecule has 0 fully saturated rings. The van der Waals surface area contributed by atoms with Gasteiger partial charge in [-0.1, -0.05) is 0 Å². The van der Waals surface area contributed by atoms with Crippen molar-refractivity contribution in [1.82, 2.24) is 4.90 Å². The molecule has 0 aliphatic carbocycles. The SMILES string of the molecule is COC(=O)C1=CN(C(C)=O)C(c2ccc(C#N)cc2)[Se]C1. The summed E-state index contributed by atoms with van der Waals surface area (Å²) in [5.74, 6) is -0.506. The van der Waals surface area contributed by atoms with Gasteiger partial charge in [0.05, 0.1) is 0 Å². The Labute approximate surface area is 129 Å². The summed E-state index contributed by atoms with van der Waals surface area (Å²) in [5, 5.41) is 9.45. The molecule has 21 heavy (non-hydrogen) atoms. The fraction of sp³-hybridized carbons (Fsp3) is 0.267. The summed E-state index contributed by atoms with van der Waals surface area (Å²) in [7, 11) is 1.33. The van der Waals surface area contributed by atoms with Gasteiger partial charge < -0.3 is 0 Å². The van der Waals surface area contributed by atoms with Crippen molar-refractivity contribution in [2.45, 2.75) is 17.2 Å². The van der Waals surface area contributed by atoms with Crippen molar-refractivity contribution < 1.29 is 14.3 Å². The van der Waals surface area contributed by atoms with Crippen LogP contribution in [0, 0.1) is 11.3 Å². The molecule has 0 radical (unpaired) electrons. The Bertz CT molecular complexity index is 631. The normalized spacial score (nSPS) is 17.7. The number of nitriles is 1. The van der Waals surface area contributed by atoms with Crippen LogP contribution >= 0.6 is 0 Å². The summed E-state index contributed by atoms with van der Waals surface area (Å²) in [6.45, 7) is 1.48. The Kier molecular flexibility index (Phi) is 4.79. The fourth-order valence-corrected chi connectivity index (χ4v) is 4.62. The van der Waals surface area contributed by atoms with Crippen LogP contribution in [0.1, 0.15) is 23.0 Å². The molecule has 0 aromatic heterocycles. The standard InChI is InChI=1S/C15H14N2O3Se/c1-10(18)17-8-13(15(19)20-2)9-21-14(17)12-5-3-11(7-16)4-6-12/h3-6,8,14H,9H2,1-2H3. The Morgan fingerprint density at radius 3 is 2.57 bits per heavy atom. The second kappa shape index (κ2) is 6.57. The summed E-state index contributed by atoms with van der Waals surface area (Å²) >= 11 is 0.0259. The predicted molar refractivity (Wildman–Crippen MR) is 77.1 cm³/mol. The van der Waals surface area contributed by atoms with Crippen molar-refractivity contribution in [3.8, 4) is 6.07 Å². The third-order valence-corrected chi connectivity index (χ3v) is 5.79. The van der Waals surface area contributed by atoms with Crippen molar-refractivity contribution in [2.75, 3.05) is 7.11 Å². The molecule has 0 saturated heterocycles. The van der Waals surface area contributed by atoms with E-state index in [1.807, 2.05) is 12.1 Å². The minimum atomic E-state index is -0.388. The molecule has 1 aromatic rings. The summed E-state index contributed by atoms with van der Waals surface area (Å²) in [5.41, 5.74) is 2.09. The Morgan fingerprint density at radius 2 is 2.05 bits per heavy atom. The van der Waals surface area contributed by atoms with Gasteiger partial charge >= 0.3 is 129 Å². The van der Waals surface area contributed by atoms with Crippen molar-refractivity contribution in [1.29, 1.82) is 5.26 Å². The molecule has 1 aliphatic rings. The Balaban J connectivity index is 2.31. The van der Waals surface area contributed by atoms with Crippen molar-refractivity contribution in [3.05, 3.63) is 47.2 Å². The van der Waals surface area contributed by atoms with E-state index < -0.39 is 0 Å². The van der Waals surface area contributed by atoms with E-state index in [1.54, 1.807) is 23.2 Å². The Hall–Kier alpha value is -2.09. The number of hydrogen-bond donors (Lipinski definition) is 0. The summed E-state index contributed by atoms with van der Waals surface area (Å²) in [6.07, 6.45) is 1.59. The average Bonchev–Trinajstić information content (AvgIpc) is 2.53. The summed E-state index contributed by atoms with van der Waals surface area (Å²) in [4.78, 5) is 25.0. The third-order valence-electron chi connectivity index (χ3n) is 3.08. The van der Waals surface area contributed by atoms with Crippen molar-refractivity contribution in [3.63, 3.8) is 0 Å². The summed E-state index contributed by atoms with van der Waals surface area (Å²) in [6, 6.07) is 9.27. The maximum atomic E-state index is 11.8. The maximum absolute atomic E-state index is 11.8. The number of ether oxygens (including phenoxy) is 1. The molecule has 0 bridgehead atoms. The van der Waals surface area contributed by atoms with Crippen LogP contribution in [-0.2, 0) is 14.3 Å². The molecule has 2 rings (SSSR count). The number of esters is 1. The van der Waals surface area contributed by atoms with Crippen LogP contribution in [0.2, 0.25) is 5.32 Å². The van der Waals surface area contributed by atoms with Gasteiger partial charge in [-0.15, -0.1) is 0 Å². The average molecular weight is 349 g/mol. The van der Waals surface area contributed by atoms with Gasteiger partial charge in [-0.25, -0.2) is 0 Å². The fourth-order valence-electron chi connectivity index (χ4n) is 2.00. The van der Waals surface area contributed by atoms with Crippen LogP contribution in [0.4, 0.5) is 0 Å². The second-order valence-corrected chi connectivity index (χ2v) is 6.71. The molecular weight excluding hydrogens is 335 g/mol. The number of methoxy groups -OCH3 is 1. The van der Waals surface area contributed by atoms with E-state index in [9.17, 15) is 9.59 Å². The number of rotatable bonds is 2. The van der Waals surface area contributed by atoms with Crippen LogP contribution in [0.5, 0.6) is 0 Å². The van der Waals surface area contributed by atoms with E-state index in [4.69, 9.17) is 10.00 Å². The van der Waals surface area contributed by atoms with Crippen LogP contribution in [-0.4, -0.2) is 38.8 Å².